The fourth-order valence-electron chi connectivity index (χ4n) is 4.21. The molecule has 11 heteroatoms. The van der Waals surface area contributed by atoms with Crippen molar-refractivity contribution in [2.45, 2.75) is 50.2 Å². The number of amides is 2. The number of rotatable bonds is 7. The van der Waals surface area contributed by atoms with E-state index in [1.165, 1.54) is 6.07 Å². The summed E-state index contributed by atoms with van der Waals surface area (Å²) in [7, 11) is 0. The molecule has 34 heavy (non-hydrogen) atoms. The molecule has 2 aliphatic rings. The molecule has 2 heterocycles. The average molecular weight is 480 g/mol. The van der Waals surface area contributed by atoms with Gasteiger partial charge in [-0.25, -0.2) is 0 Å². The Balaban J connectivity index is 1.30. The first-order valence-electron chi connectivity index (χ1n) is 11.3. The predicted molar refractivity (Wildman–Crippen MR) is 115 cm³/mol. The molecule has 1 aliphatic carbocycles. The van der Waals surface area contributed by atoms with E-state index in [0.717, 1.165) is 30.7 Å². The van der Waals surface area contributed by atoms with Gasteiger partial charge in [0, 0.05) is 37.7 Å². The molecule has 4 N–H and O–H groups in total. The fourth-order valence-corrected chi connectivity index (χ4v) is 4.21. The lowest BCUT2D eigenvalue weighted by Crippen LogP contribution is -2.49. The van der Waals surface area contributed by atoms with Crippen molar-refractivity contribution in [3.63, 3.8) is 0 Å². The van der Waals surface area contributed by atoms with Crippen LogP contribution < -0.4 is 11.1 Å². The largest absolute Gasteiger partial charge is 0.507 e. The molecule has 0 radical (unpaired) electrons. The number of phenolic OH excluding ortho intramolecular Hbond substituents is 1. The molecule has 184 valence electrons. The summed E-state index contributed by atoms with van der Waals surface area (Å²) in [6, 6.07) is 4.74. The van der Waals surface area contributed by atoms with Crippen molar-refractivity contribution in [1.29, 1.82) is 0 Å². The number of aromatic nitrogens is 1. The highest BCUT2D eigenvalue weighted by Crippen LogP contribution is 2.40. The highest BCUT2D eigenvalue weighted by molar-refractivity contribution is 5.92. The molecular formula is C23H27F3N4O4. The van der Waals surface area contributed by atoms with Crippen LogP contribution in [0, 0.1) is 5.92 Å². The third-order valence-corrected chi connectivity index (χ3v) is 6.36. The van der Waals surface area contributed by atoms with Gasteiger partial charge in [-0.3, -0.25) is 9.59 Å². The predicted octanol–water partition coefficient (Wildman–Crippen LogP) is 2.81. The Morgan fingerprint density at radius 3 is 2.53 bits per heavy atom. The number of nitrogens with zero attached hydrogens (tertiary/aromatic N) is 2. The first-order valence-corrected chi connectivity index (χ1v) is 11.3. The Kier molecular flexibility index (Phi) is 6.83. The van der Waals surface area contributed by atoms with E-state index < -0.39 is 23.4 Å². The molecule has 2 aromatic rings. The van der Waals surface area contributed by atoms with Crippen LogP contribution in [-0.4, -0.2) is 52.7 Å². The summed E-state index contributed by atoms with van der Waals surface area (Å²) in [5.74, 6) is -1.000. The molecule has 0 unspecified atom stereocenters. The summed E-state index contributed by atoms with van der Waals surface area (Å²) in [5.41, 5.74) is 5.16. The quantitative estimate of drug-likeness (QED) is 0.560. The van der Waals surface area contributed by atoms with Crippen molar-refractivity contribution in [2.75, 3.05) is 19.6 Å². The lowest BCUT2D eigenvalue weighted by atomic mass is 9.95. The second-order valence-corrected chi connectivity index (χ2v) is 8.95. The smallest absolute Gasteiger partial charge is 0.419 e. The number of likely N-dealkylation sites (tertiary alicyclic amines) is 1. The first-order chi connectivity index (χ1) is 16.2. The Morgan fingerprint density at radius 1 is 1.21 bits per heavy atom. The molecule has 1 aliphatic heterocycles. The summed E-state index contributed by atoms with van der Waals surface area (Å²) in [6.45, 7) is 0.777. The SMILES string of the molecule is NC[C@H](Cc1ccc(O)c(C(F)(F)F)c1)C(=O)N1CCC(NC(=O)c2cc(C3CC3)on2)CC1. The van der Waals surface area contributed by atoms with E-state index in [0.29, 0.717) is 31.8 Å². The van der Waals surface area contributed by atoms with Crippen LogP contribution in [-0.2, 0) is 17.4 Å². The minimum Gasteiger partial charge on any atom is -0.507 e. The molecule has 1 saturated carbocycles. The normalized spacial score (nSPS) is 18.1. The van der Waals surface area contributed by atoms with Crippen LogP contribution in [0.3, 0.4) is 0 Å². The number of nitrogens with two attached hydrogens (primary N) is 1. The molecule has 1 atom stereocenters. The summed E-state index contributed by atoms with van der Waals surface area (Å²) in [6.07, 6.45) is -1.49. The van der Waals surface area contributed by atoms with Gasteiger partial charge in [-0.1, -0.05) is 11.2 Å². The van der Waals surface area contributed by atoms with Crippen LogP contribution in [0.2, 0.25) is 0 Å². The molecule has 2 fully saturated rings. The van der Waals surface area contributed by atoms with E-state index in [9.17, 15) is 27.9 Å². The van der Waals surface area contributed by atoms with E-state index in [4.69, 9.17) is 10.3 Å². The van der Waals surface area contributed by atoms with Gasteiger partial charge >= 0.3 is 6.18 Å². The van der Waals surface area contributed by atoms with Gasteiger partial charge in [-0.2, -0.15) is 13.2 Å². The molecule has 1 saturated heterocycles. The maximum absolute atomic E-state index is 13.1. The number of hydrogen-bond donors (Lipinski definition) is 3. The highest BCUT2D eigenvalue weighted by Gasteiger charge is 2.35. The topological polar surface area (TPSA) is 122 Å². The first kappa shape index (κ1) is 24.1. The van der Waals surface area contributed by atoms with E-state index in [-0.39, 0.29) is 42.1 Å². The van der Waals surface area contributed by atoms with Crippen molar-refractivity contribution in [3.05, 3.63) is 46.8 Å². The number of alkyl halides is 3. The minimum atomic E-state index is -4.69. The van der Waals surface area contributed by atoms with Gasteiger partial charge in [0.1, 0.15) is 11.5 Å². The minimum absolute atomic E-state index is 0.0206. The Bertz CT molecular complexity index is 1040. The van der Waals surface area contributed by atoms with Crippen molar-refractivity contribution in [1.82, 2.24) is 15.4 Å². The van der Waals surface area contributed by atoms with Crippen LogP contribution in [0.5, 0.6) is 5.75 Å². The number of nitrogens with one attached hydrogen (secondary N) is 1. The number of halogens is 3. The lowest BCUT2D eigenvalue weighted by molar-refractivity contribution is -0.138. The molecule has 4 rings (SSSR count). The number of hydrogen-bond acceptors (Lipinski definition) is 6. The Labute approximate surface area is 194 Å². The Hall–Kier alpha value is -3.08. The lowest BCUT2D eigenvalue weighted by Gasteiger charge is -2.34. The maximum atomic E-state index is 13.1. The van der Waals surface area contributed by atoms with Gasteiger partial charge in [0.25, 0.3) is 5.91 Å². The summed E-state index contributed by atoms with van der Waals surface area (Å²) < 4.78 is 44.4. The number of piperidine rings is 1. The van der Waals surface area contributed by atoms with Gasteiger partial charge < -0.3 is 25.6 Å². The summed E-state index contributed by atoms with van der Waals surface area (Å²) >= 11 is 0. The maximum Gasteiger partial charge on any atom is 0.419 e. The molecular weight excluding hydrogens is 453 g/mol. The average Bonchev–Trinajstić information content (AvgIpc) is 3.54. The monoisotopic (exact) mass is 480 g/mol. The highest BCUT2D eigenvalue weighted by atomic mass is 19.4. The van der Waals surface area contributed by atoms with Crippen molar-refractivity contribution in [2.24, 2.45) is 11.7 Å². The van der Waals surface area contributed by atoms with E-state index >= 15 is 0 Å². The molecule has 8 nitrogen and oxygen atoms in total. The molecule has 2 amide bonds. The van der Waals surface area contributed by atoms with Gasteiger partial charge in [0.2, 0.25) is 5.91 Å². The number of carbonyl (C=O) groups excluding carboxylic acids is 2. The zero-order chi connectivity index (χ0) is 24.5. The molecule has 0 spiro atoms. The van der Waals surface area contributed by atoms with E-state index in [1.807, 2.05) is 0 Å². The summed E-state index contributed by atoms with van der Waals surface area (Å²) in [5, 5.41) is 16.3. The van der Waals surface area contributed by atoms with Gasteiger partial charge in [-0.05, 0) is 49.8 Å². The summed E-state index contributed by atoms with van der Waals surface area (Å²) in [4.78, 5) is 27.0. The number of phenols is 1. The van der Waals surface area contributed by atoms with Crippen LogP contribution in [0.1, 0.15) is 59.0 Å². The van der Waals surface area contributed by atoms with Crippen molar-refractivity contribution in [3.8, 4) is 5.75 Å². The third-order valence-electron chi connectivity index (χ3n) is 6.36. The number of benzene rings is 1. The van der Waals surface area contributed by atoms with Crippen LogP contribution in [0.4, 0.5) is 13.2 Å². The Morgan fingerprint density at radius 2 is 1.91 bits per heavy atom. The van der Waals surface area contributed by atoms with Gasteiger partial charge in [0.15, 0.2) is 5.69 Å². The van der Waals surface area contributed by atoms with E-state index in [2.05, 4.69) is 10.5 Å². The zero-order valence-corrected chi connectivity index (χ0v) is 18.5. The van der Waals surface area contributed by atoms with Crippen LogP contribution in [0.15, 0.2) is 28.8 Å². The molecule has 1 aromatic heterocycles. The third kappa shape index (κ3) is 5.52. The number of aromatic hydroxyl groups is 1. The van der Waals surface area contributed by atoms with Crippen molar-refractivity contribution >= 4 is 11.8 Å². The number of carbonyl (C=O) groups is 2. The van der Waals surface area contributed by atoms with Crippen LogP contribution >= 0.6 is 0 Å². The van der Waals surface area contributed by atoms with Gasteiger partial charge in [-0.15, -0.1) is 0 Å². The zero-order valence-electron chi connectivity index (χ0n) is 18.5. The standard InChI is InChI=1S/C23H27F3N4O4/c24-23(25,26)17-10-13(1-4-19(17)31)9-15(12-27)22(33)30-7-5-16(6-8-30)28-21(32)18-11-20(34-29-18)14-2-3-14/h1,4,10-11,14-16,31H,2-3,5-9,12,27H2,(H,28,32)/t15-/m0/s1. The van der Waals surface area contributed by atoms with E-state index in [1.54, 1.807) is 11.0 Å². The second-order valence-electron chi connectivity index (χ2n) is 8.95. The second kappa shape index (κ2) is 9.65. The molecule has 0 bridgehead atoms. The molecule has 1 aromatic carbocycles. The van der Waals surface area contributed by atoms with Gasteiger partial charge in [0.05, 0.1) is 11.5 Å². The van der Waals surface area contributed by atoms with Crippen LogP contribution in [0.25, 0.3) is 0 Å². The fraction of sp³-hybridized carbons (Fsp3) is 0.522. The van der Waals surface area contributed by atoms with Crippen molar-refractivity contribution < 1.29 is 32.4 Å².